The van der Waals surface area contributed by atoms with Gasteiger partial charge in [0.15, 0.2) is 0 Å². The topological polar surface area (TPSA) is 75.4 Å². The zero-order valence-electron chi connectivity index (χ0n) is 12.0. The van der Waals surface area contributed by atoms with Crippen LogP contribution in [-0.2, 0) is 4.79 Å². The second kappa shape index (κ2) is 5.94. The fraction of sp³-hybridized carbons (Fsp3) is 0.467. The molecule has 1 fully saturated rings. The van der Waals surface area contributed by atoms with E-state index < -0.39 is 0 Å². The Bertz CT molecular complexity index is 528. The predicted octanol–water partition coefficient (Wildman–Crippen LogP) is 1.32. The minimum atomic E-state index is -0.0482. The Hall–Kier alpha value is -2.04. The summed E-state index contributed by atoms with van der Waals surface area (Å²) in [5, 5.41) is 2.89. The minimum Gasteiger partial charge on any atom is -0.399 e. The van der Waals surface area contributed by atoms with Crippen LogP contribution in [0.15, 0.2) is 18.2 Å². The number of rotatable bonds is 2. The van der Waals surface area contributed by atoms with Crippen molar-refractivity contribution in [1.29, 1.82) is 0 Å². The molecule has 1 saturated heterocycles. The average Bonchev–Trinajstić information content (AvgIpc) is 2.37. The van der Waals surface area contributed by atoms with Gasteiger partial charge in [-0.2, -0.15) is 0 Å². The first-order valence-corrected chi connectivity index (χ1v) is 6.90. The SMILES string of the molecule is CC(=O)NC1CCCN(C(=O)c2ccc(N)cc2C)C1. The summed E-state index contributed by atoms with van der Waals surface area (Å²) in [6.07, 6.45) is 1.83. The van der Waals surface area contributed by atoms with Crippen LogP contribution in [0.5, 0.6) is 0 Å². The first-order valence-electron chi connectivity index (χ1n) is 6.90. The molecule has 1 aliphatic rings. The molecule has 5 heteroatoms. The lowest BCUT2D eigenvalue weighted by Gasteiger charge is -2.33. The normalized spacial score (nSPS) is 18.7. The van der Waals surface area contributed by atoms with Crippen molar-refractivity contribution in [2.24, 2.45) is 0 Å². The van der Waals surface area contributed by atoms with Gasteiger partial charge in [0, 0.05) is 37.3 Å². The maximum absolute atomic E-state index is 12.5. The molecule has 0 radical (unpaired) electrons. The third kappa shape index (κ3) is 3.29. The van der Waals surface area contributed by atoms with Crippen LogP contribution in [0.3, 0.4) is 0 Å². The maximum Gasteiger partial charge on any atom is 0.254 e. The van der Waals surface area contributed by atoms with Crippen LogP contribution in [0.25, 0.3) is 0 Å². The minimum absolute atomic E-state index is 0.0116. The van der Waals surface area contributed by atoms with Crippen LogP contribution in [0.2, 0.25) is 0 Å². The molecule has 2 rings (SSSR count). The maximum atomic E-state index is 12.5. The Morgan fingerprint density at radius 3 is 2.80 bits per heavy atom. The van der Waals surface area contributed by atoms with Crippen molar-refractivity contribution in [2.45, 2.75) is 32.7 Å². The van der Waals surface area contributed by atoms with Gasteiger partial charge < -0.3 is 16.0 Å². The van der Waals surface area contributed by atoms with Crippen LogP contribution in [0.4, 0.5) is 5.69 Å². The summed E-state index contributed by atoms with van der Waals surface area (Å²) in [6.45, 7) is 4.70. The molecule has 1 unspecified atom stereocenters. The Kier molecular flexibility index (Phi) is 4.27. The van der Waals surface area contributed by atoms with E-state index in [0.717, 1.165) is 24.9 Å². The van der Waals surface area contributed by atoms with Crippen LogP contribution >= 0.6 is 0 Å². The Morgan fingerprint density at radius 2 is 2.15 bits per heavy atom. The molecule has 3 N–H and O–H groups in total. The number of amides is 2. The lowest BCUT2D eigenvalue weighted by atomic mass is 10.0. The van der Waals surface area contributed by atoms with E-state index in [4.69, 9.17) is 5.73 Å². The van der Waals surface area contributed by atoms with Crippen molar-refractivity contribution in [2.75, 3.05) is 18.8 Å². The van der Waals surface area contributed by atoms with Gasteiger partial charge in [-0.25, -0.2) is 0 Å². The third-order valence-corrected chi connectivity index (χ3v) is 3.60. The van der Waals surface area contributed by atoms with Crippen molar-refractivity contribution in [1.82, 2.24) is 10.2 Å². The molecule has 20 heavy (non-hydrogen) atoms. The van der Waals surface area contributed by atoms with Crippen molar-refractivity contribution in [3.63, 3.8) is 0 Å². The average molecular weight is 275 g/mol. The summed E-state index contributed by atoms with van der Waals surface area (Å²) >= 11 is 0. The van der Waals surface area contributed by atoms with E-state index in [2.05, 4.69) is 5.32 Å². The second-order valence-corrected chi connectivity index (χ2v) is 5.37. The van der Waals surface area contributed by atoms with E-state index in [9.17, 15) is 9.59 Å². The molecular formula is C15H21N3O2. The number of anilines is 1. The monoisotopic (exact) mass is 275 g/mol. The number of aryl methyl sites for hydroxylation is 1. The van der Waals surface area contributed by atoms with Gasteiger partial charge >= 0.3 is 0 Å². The number of nitrogens with zero attached hydrogens (tertiary/aromatic N) is 1. The highest BCUT2D eigenvalue weighted by molar-refractivity contribution is 5.96. The quantitative estimate of drug-likeness (QED) is 0.799. The van der Waals surface area contributed by atoms with E-state index >= 15 is 0 Å². The highest BCUT2D eigenvalue weighted by Gasteiger charge is 2.25. The van der Waals surface area contributed by atoms with Gasteiger partial charge in [0.1, 0.15) is 0 Å². The van der Waals surface area contributed by atoms with Gasteiger partial charge in [0.25, 0.3) is 5.91 Å². The highest BCUT2D eigenvalue weighted by Crippen LogP contribution is 2.18. The Morgan fingerprint density at radius 1 is 1.40 bits per heavy atom. The molecule has 108 valence electrons. The summed E-state index contributed by atoms with van der Waals surface area (Å²) in [5.74, 6) is -0.0366. The summed E-state index contributed by atoms with van der Waals surface area (Å²) < 4.78 is 0. The van der Waals surface area contributed by atoms with Crippen molar-refractivity contribution in [3.05, 3.63) is 29.3 Å². The van der Waals surface area contributed by atoms with Gasteiger partial charge in [-0.05, 0) is 43.5 Å². The van der Waals surface area contributed by atoms with E-state index in [1.165, 1.54) is 6.92 Å². The van der Waals surface area contributed by atoms with Crippen molar-refractivity contribution >= 4 is 17.5 Å². The molecule has 1 atom stereocenters. The van der Waals surface area contributed by atoms with E-state index in [-0.39, 0.29) is 17.9 Å². The smallest absolute Gasteiger partial charge is 0.254 e. The number of likely N-dealkylation sites (tertiary alicyclic amines) is 1. The molecule has 0 aliphatic carbocycles. The number of carbonyl (C=O) groups is 2. The summed E-state index contributed by atoms with van der Waals surface area (Å²) in [4.78, 5) is 25.5. The molecule has 0 aromatic heterocycles. The molecule has 2 amide bonds. The molecule has 0 bridgehead atoms. The summed E-state index contributed by atoms with van der Waals surface area (Å²) in [5.41, 5.74) is 7.94. The molecule has 0 saturated carbocycles. The number of piperidine rings is 1. The van der Waals surface area contributed by atoms with E-state index in [1.807, 2.05) is 17.9 Å². The third-order valence-electron chi connectivity index (χ3n) is 3.60. The Labute approximate surface area is 119 Å². The molecule has 5 nitrogen and oxygen atoms in total. The Balaban J connectivity index is 2.10. The van der Waals surface area contributed by atoms with Crippen molar-refractivity contribution < 1.29 is 9.59 Å². The number of nitrogens with two attached hydrogens (primary N) is 1. The van der Waals surface area contributed by atoms with Gasteiger partial charge in [0.2, 0.25) is 5.91 Å². The number of benzene rings is 1. The van der Waals surface area contributed by atoms with Crippen molar-refractivity contribution in [3.8, 4) is 0 Å². The van der Waals surface area contributed by atoms with E-state index in [1.54, 1.807) is 12.1 Å². The lowest BCUT2D eigenvalue weighted by Crippen LogP contribution is -2.49. The van der Waals surface area contributed by atoms with Crippen LogP contribution in [0, 0.1) is 6.92 Å². The zero-order valence-corrected chi connectivity index (χ0v) is 12.0. The number of carbonyl (C=O) groups excluding carboxylic acids is 2. The molecule has 1 aromatic carbocycles. The highest BCUT2D eigenvalue weighted by atomic mass is 16.2. The predicted molar refractivity (Wildman–Crippen MR) is 78.3 cm³/mol. The summed E-state index contributed by atoms with van der Waals surface area (Å²) in [7, 11) is 0. The zero-order chi connectivity index (χ0) is 14.7. The molecule has 1 aliphatic heterocycles. The molecular weight excluding hydrogens is 254 g/mol. The number of hydrogen-bond donors (Lipinski definition) is 2. The number of hydrogen-bond acceptors (Lipinski definition) is 3. The molecule has 1 aromatic rings. The van der Waals surface area contributed by atoms with Gasteiger partial charge in [-0.3, -0.25) is 9.59 Å². The fourth-order valence-corrected chi connectivity index (χ4v) is 2.66. The summed E-state index contributed by atoms with van der Waals surface area (Å²) in [6, 6.07) is 5.38. The molecule has 0 spiro atoms. The molecule has 1 heterocycles. The van der Waals surface area contributed by atoms with Crippen LogP contribution < -0.4 is 11.1 Å². The first kappa shape index (κ1) is 14.4. The van der Waals surface area contributed by atoms with Gasteiger partial charge in [-0.1, -0.05) is 0 Å². The van der Waals surface area contributed by atoms with Gasteiger partial charge in [0.05, 0.1) is 0 Å². The lowest BCUT2D eigenvalue weighted by molar-refractivity contribution is -0.120. The van der Waals surface area contributed by atoms with Gasteiger partial charge in [-0.15, -0.1) is 0 Å². The van der Waals surface area contributed by atoms with E-state index in [0.29, 0.717) is 17.8 Å². The standard InChI is InChI=1S/C15H21N3O2/c1-10-8-12(16)5-6-14(10)15(20)18-7-3-4-13(9-18)17-11(2)19/h5-6,8,13H,3-4,7,9,16H2,1-2H3,(H,17,19). The number of nitrogens with one attached hydrogen (secondary N) is 1. The number of nitrogen functional groups attached to an aromatic ring is 1. The van der Waals surface area contributed by atoms with Crippen LogP contribution in [-0.4, -0.2) is 35.8 Å². The largest absolute Gasteiger partial charge is 0.399 e. The fourth-order valence-electron chi connectivity index (χ4n) is 2.66. The first-order chi connectivity index (χ1) is 9.47. The van der Waals surface area contributed by atoms with Crippen LogP contribution in [0.1, 0.15) is 35.7 Å². The second-order valence-electron chi connectivity index (χ2n) is 5.37.